The highest BCUT2D eigenvalue weighted by atomic mass is 79.9. The van der Waals surface area contributed by atoms with Gasteiger partial charge in [-0.25, -0.2) is 9.38 Å². The molecule has 126 valence electrons. The average Bonchev–Trinajstić information content (AvgIpc) is 2.91. The molecule has 0 radical (unpaired) electrons. The van der Waals surface area contributed by atoms with Gasteiger partial charge in [0.15, 0.2) is 5.17 Å². The maximum atomic E-state index is 12.9. The molecule has 0 aromatic heterocycles. The zero-order valence-corrected chi connectivity index (χ0v) is 14.8. The van der Waals surface area contributed by atoms with E-state index in [0.717, 1.165) is 11.8 Å². The van der Waals surface area contributed by atoms with E-state index >= 15 is 0 Å². The van der Waals surface area contributed by atoms with Gasteiger partial charge >= 0.3 is 0 Å². The molecule has 0 saturated carbocycles. The number of thioether (sulfide) groups is 1. The quantitative estimate of drug-likeness (QED) is 0.452. The largest absolute Gasteiger partial charge is 0.300 e. The Bertz CT molecular complexity index is 929. The van der Waals surface area contributed by atoms with Crippen molar-refractivity contribution in [3.05, 3.63) is 73.3 Å². The van der Waals surface area contributed by atoms with Gasteiger partial charge in [0.05, 0.1) is 20.0 Å². The normalized spacial score (nSPS) is 17.1. The third-order valence-electron chi connectivity index (χ3n) is 3.18. The molecule has 2 aromatic carbocycles. The number of non-ortho nitro benzene ring substituents is 1. The van der Waals surface area contributed by atoms with Gasteiger partial charge in [-0.1, -0.05) is 12.1 Å². The second kappa shape index (κ2) is 7.16. The van der Waals surface area contributed by atoms with Gasteiger partial charge in [0, 0.05) is 12.1 Å². The Hall–Kier alpha value is -2.52. The molecule has 0 unspecified atom stereocenters. The monoisotopic (exact) mass is 421 g/mol. The summed E-state index contributed by atoms with van der Waals surface area (Å²) in [6.07, 6.45) is 1.63. The van der Waals surface area contributed by atoms with Crippen LogP contribution in [0.1, 0.15) is 5.56 Å². The lowest BCUT2D eigenvalue weighted by atomic mass is 10.2. The molecule has 1 fully saturated rings. The van der Waals surface area contributed by atoms with Crippen LogP contribution >= 0.6 is 27.7 Å². The predicted octanol–water partition coefficient (Wildman–Crippen LogP) is 4.39. The fraction of sp³-hybridized carbons (Fsp3) is 0. The van der Waals surface area contributed by atoms with Crippen molar-refractivity contribution in [1.82, 2.24) is 5.32 Å². The number of carbonyl (C=O) groups excluding carboxylic acids is 1. The number of nitrogens with zero attached hydrogens (tertiary/aromatic N) is 2. The molecule has 3 rings (SSSR count). The van der Waals surface area contributed by atoms with Crippen LogP contribution in [0, 0.1) is 15.9 Å². The number of amidine groups is 1. The first kappa shape index (κ1) is 17.3. The fourth-order valence-electron chi connectivity index (χ4n) is 2.00. The number of carbonyl (C=O) groups is 1. The highest BCUT2D eigenvalue weighted by Gasteiger charge is 2.24. The maximum Gasteiger partial charge on any atom is 0.270 e. The topological polar surface area (TPSA) is 84.6 Å². The lowest BCUT2D eigenvalue weighted by Crippen LogP contribution is -2.19. The van der Waals surface area contributed by atoms with Crippen LogP contribution in [0.3, 0.4) is 0 Å². The van der Waals surface area contributed by atoms with Gasteiger partial charge < -0.3 is 5.32 Å². The first-order valence-electron chi connectivity index (χ1n) is 6.91. The van der Waals surface area contributed by atoms with E-state index in [0.29, 0.717) is 25.8 Å². The Morgan fingerprint density at radius 1 is 1.24 bits per heavy atom. The minimum absolute atomic E-state index is 0.0594. The van der Waals surface area contributed by atoms with E-state index in [2.05, 4.69) is 26.2 Å². The van der Waals surface area contributed by atoms with E-state index in [4.69, 9.17) is 0 Å². The van der Waals surface area contributed by atoms with Crippen LogP contribution in [-0.4, -0.2) is 16.0 Å². The number of rotatable bonds is 3. The van der Waals surface area contributed by atoms with E-state index in [-0.39, 0.29) is 17.4 Å². The molecule has 6 nitrogen and oxygen atoms in total. The van der Waals surface area contributed by atoms with Crippen molar-refractivity contribution in [2.24, 2.45) is 4.99 Å². The zero-order valence-electron chi connectivity index (χ0n) is 12.4. The Labute approximate surface area is 154 Å². The Balaban J connectivity index is 1.83. The number of benzene rings is 2. The molecule has 9 heteroatoms. The summed E-state index contributed by atoms with van der Waals surface area (Å²) in [6.45, 7) is 0. The summed E-state index contributed by atoms with van der Waals surface area (Å²) in [6, 6.07) is 9.93. The van der Waals surface area contributed by atoms with Gasteiger partial charge in [0.2, 0.25) is 0 Å². The van der Waals surface area contributed by atoms with Crippen LogP contribution in [0.25, 0.3) is 6.08 Å². The van der Waals surface area contributed by atoms with Crippen LogP contribution < -0.4 is 5.32 Å². The predicted molar refractivity (Wildman–Crippen MR) is 98.0 cm³/mol. The summed E-state index contributed by atoms with van der Waals surface area (Å²) in [5.41, 5.74) is 1.09. The van der Waals surface area contributed by atoms with Crippen LogP contribution in [0.5, 0.6) is 0 Å². The standard InChI is InChI=1S/C16H9BrFN3O3S/c17-12-8-11(21(23)24)5-6-13(12)19-16-20-15(22)14(25-16)7-9-1-3-10(18)4-2-9/h1-8H,(H,19,20,22)/b14-7+. The van der Waals surface area contributed by atoms with Gasteiger partial charge in [0.1, 0.15) is 5.82 Å². The molecular weight excluding hydrogens is 413 g/mol. The number of hydrogen-bond donors (Lipinski definition) is 1. The molecule has 1 saturated heterocycles. The first-order valence-corrected chi connectivity index (χ1v) is 8.52. The lowest BCUT2D eigenvalue weighted by Gasteiger charge is -2.00. The van der Waals surface area contributed by atoms with E-state index < -0.39 is 4.92 Å². The van der Waals surface area contributed by atoms with Crippen molar-refractivity contribution in [2.45, 2.75) is 0 Å². The summed E-state index contributed by atoms with van der Waals surface area (Å²) >= 11 is 4.36. The number of amides is 1. The number of aliphatic imine (C=N–C) groups is 1. The zero-order chi connectivity index (χ0) is 18.0. The maximum absolute atomic E-state index is 12.9. The van der Waals surface area contributed by atoms with Crippen LogP contribution in [0.4, 0.5) is 15.8 Å². The van der Waals surface area contributed by atoms with Gasteiger partial charge in [-0.3, -0.25) is 14.9 Å². The van der Waals surface area contributed by atoms with Gasteiger partial charge in [0.25, 0.3) is 11.6 Å². The average molecular weight is 422 g/mol. The van der Waals surface area contributed by atoms with Gasteiger partial charge in [-0.15, -0.1) is 0 Å². The number of halogens is 2. The summed E-state index contributed by atoms with van der Waals surface area (Å²) in [5, 5.41) is 13.7. The van der Waals surface area contributed by atoms with E-state index in [1.54, 1.807) is 18.2 Å². The van der Waals surface area contributed by atoms with Crippen molar-refractivity contribution in [2.75, 3.05) is 0 Å². The second-order valence-electron chi connectivity index (χ2n) is 4.93. The molecule has 1 aliphatic heterocycles. The summed E-state index contributed by atoms with van der Waals surface area (Å²) in [7, 11) is 0. The third-order valence-corrected chi connectivity index (χ3v) is 4.73. The molecular formula is C16H9BrFN3O3S. The third kappa shape index (κ3) is 4.12. The lowest BCUT2D eigenvalue weighted by molar-refractivity contribution is -0.384. The van der Waals surface area contributed by atoms with Crippen molar-refractivity contribution in [3.63, 3.8) is 0 Å². The minimum atomic E-state index is -0.503. The molecule has 0 spiro atoms. The second-order valence-corrected chi connectivity index (χ2v) is 6.81. The smallest absolute Gasteiger partial charge is 0.270 e. The van der Waals surface area contributed by atoms with E-state index in [1.165, 1.54) is 30.3 Å². The summed E-state index contributed by atoms with van der Waals surface area (Å²) < 4.78 is 13.4. The Morgan fingerprint density at radius 3 is 2.60 bits per heavy atom. The van der Waals surface area contributed by atoms with Crippen LogP contribution in [0.2, 0.25) is 0 Å². The van der Waals surface area contributed by atoms with Crippen LogP contribution in [-0.2, 0) is 4.79 Å². The Kier molecular flexibility index (Phi) is 4.95. The van der Waals surface area contributed by atoms with E-state index in [9.17, 15) is 19.3 Å². The number of nitro groups is 1. The molecule has 2 aromatic rings. The highest BCUT2D eigenvalue weighted by molar-refractivity contribution is 9.10. The van der Waals surface area contributed by atoms with Crippen molar-refractivity contribution in [1.29, 1.82) is 0 Å². The van der Waals surface area contributed by atoms with Crippen molar-refractivity contribution < 1.29 is 14.1 Å². The highest BCUT2D eigenvalue weighted by Crippen LogP contribution is 2.33. The minimum Gasteiger partial charge on any atom is -0.300 e. The Morgan fingerprint density at radius 2 is 1.96 bits per heavy atom. The number of nitro benzene ring substituents is 1. The summed E-state index contributed by atoms with van der Waals surface area (Å²) in [4.78, 5) is 27.0. The molecule has 1 amide bonds. The van der Waals surface area contributed by atoms with Crippen molar-refractivity contribution >= 4 is 56.2 Å². The molecule has 1 aliphatic rings. The summed E-state index contributed by atoms with van der Waals surface area (Å²) in [5.74, 6) is -0.665. The number of nitrogens with one attached hydrogen (secondary N) is 1. The molecule has 1 heterocycles. The molecule has 0 atom stereocenters. The SMILES string of the molecule is O=C1NC(=Nc2ccc([N+](=O)[O-])cc2Br)S/C1=C/c1ccc(F)cc1. The molecule has 0 bridgehead atoms. The fourth-order valence-corrected chi connectivity index (χ4v) is 3.29. The van der Waals surface area contributed by atoms with Crippen molar-refractivity contribution in [3.8, 4) is 0 Å². The van der Waals surface area contributed by atoms with Gasteiger partial charge in [-0.2, -0.15) is 0 Å². The molecule has 1 N–H and O–H groups in total. The number of hydrogen-bond acceptors (Lipinski definition) is 5. The molecule has 25 heavy (non-hydrogen) atoms. The van der Waals surface area contributed by atoms with Crippen LogP contribution in [0.15, 0.2) is 56.8 Å². The molecule has 0 aliphatic carbocycles. The van der Waals surface area contributed by atoms with Gasteiger partial charge in [-0.05, 0) is 57.5 Å². The first-order chi connectivity index (χ1) is 11.9. The van der Waals surface area contributed by atoms with E-state index in [1.807, 2.05) is 0 Å².